The van der Waals surface area contributed by atoms with Crippen LogP contribution in [0.2, 0.25) is 0 Å². The normalized spacial score (nSPS) is 10.3. The molecule has 0 radical (unpaired) electrons. The summed E-state index contributed by atoms with van der Waals surface area (Å²) in [5.41, 5.74) is 1.03. The summed E-state index contributed by atoms with van der Waals surface area (Å²) in [6.45, 7) is 2.79. The Bertz CT molecular complexity index is 513. The van der Waals surface area contributed by atoms with Crippen molar-refractivity contribution in [2.24, 2.45) is 0 Å². The van der Waals surface area contributed by atoms with Crippen LogP contribution < -0.4 is 10.1 Å². The molecule has 1 heterocycles. The zero-order valence-corrected chi connectivity index (χ0v) is 12.1. The van der Waals surface area contributed by atoms with Gasteiger partial charge in [0.15, 0.2) is 0 Å². The zero-order chi connectivity index (χ0) is 12.3. The Kier molecular flexibility index (Phi) is 4.02. The number of benzene rings is 1. The van der Waals surface area contributed by atoms with Gasteiger partial charge in [-0.2, -0.15) is 0 Å². The van der Waals surface area contributed by atoms with Crippen molar-refractivity contribution in [3.63, 3.8) is 0 Å². The number of ether oxygens (including phenoxy) is 1. The number of hydrogen-bond acceptors (Lipinski definition) is 4. The number of aromatic nitrogens is 1. The van der Waals surface area contributed by atoms with Crippen LogP contribution in [0.25, 0.3) is 0 Å². The highest BCUT2D eigenvalue weighted by molar-refractivity contribution is 9.10. The number of rotatable bonds is 4. The van der Waals surface area contributed by atoms with Gasteiger partial charge in [-0.05, 0) is 19.1 Å². The van der Waals surface area contributed by atoms with Gasteiger partial charge in [-0.3, -0.25) is 0 Å². The van der Waals surface area contributed by atoms with Gasteiger partial charge in [0.2, 0.25) is 0 Å². The van der Waals surface area contributed by atoms with Crippen molar-refractivity contribution < 1.29 is 4.74 Å². The first-order chi connectivity index (χ1) is 8.17. The number of hydrogen-bond donors (Lipinski definition) is 1. The maximum absolute atomic E-state index is 5.21. The number of aryl methyl sites for hydroxylation is 1. The fraction of sp³-hybridized carbons (Fsp3) is 0.250. The molecule has 0 aliphatic carbocycles. The lowest BCUT2D eigenvalue weighted by Gasteiger charge is -2.07. The lowest BCUT2D eigenvalue weighted by molar-refractivity contribution is 0.414. The van der Waals surface area contributed by atoms with E-state index in [0.29, 0.717) is 0 Å². The van der Waals surface area contributed by atoms with Gasteiger partial charge in [-0.1, -0.05) is 15.9 Å². The fourth-order valence-electron chi connectivity index (χ4n) is 1.46. The second kappa shape index (κ2) is 5.51. The molecule has 0 bridgehead atoms. The molecule has 0 atom stereocenters. The van der Waals surface area contributed by atoms with Crippen LogP contribution in [0.3, 0.4) is 0 Å². The highest BCUT2D eigenvalue weighted by Crippen LogP contribution is 2.25. The van der Waals surface area contributed by atoms with Gasteiger partial charge in [0.25, 0.3) is 0 Å². The van der Waals surface area contributed by atoms with Crippen molar-refractivity contribution in [2.45, 2.75) is 13.5 Å². The molecule has 2 aromatic rings. The van der Waals surface area contributed by atoms with Crippen LogP contribution in [0, 0.1) is 6.92 Å². The summed E-state index contributed by atoms with van der Waals surface area (Å²) in [6.07, 6.45) is 1.90. The highest BCUT2D eigenvalue weighted by Gasteiger charge is 2.01. The third-order valence-corrected chi connectivity index (χ3v) is 3.61. The first-order valence-electron chi connectivity index (χ1n) is 5.17. The smallest absolute Gasteiger partial charge is 0.122 e. The van der Waals surface area contributed by atoms with Crippen LogP contribution in [0.1, 0.15) is 9.88 Å². The summed E-state index contributed by atoms with van der Waals surface area (Å²) in [5.74, 6) is 0.836. The molecule has 90 valence electrons. The van der Waals surface area contributed by atoms with Crippen LogP contribution in [-0.2, 0) is 6.54 Å². The average molecular weight is 313 g/mol. The van der Waals surface area contributed by atoms with Crippen molar-refractivity contribution in [1.29, 1.82) is 0 Å². The van der Waals surface area contributed by atoms with Crippen LogP contribution in [-0.4, -0.2) is 12.1 Å². The van der Waals surface area contributed by atoms with E-state index in [0.717, 1.165) is 27.5 Å². The van der Waals surface area contributed by atoms with E-state index in [-0.39, 0.29) is 0 Å². The Morgan fingerprint density at radius 2 is 2.24 bits per heavy atom. The molecular formula is C12H13BrN2OS. The molecule has 0 unspecified atom stereocenters. The summed E-state index contributed by atoms with van der Waals surface area (Å²) < 4.78 is 6.21. The van der Waals surface area contributed by atoms with Crippen molar-refractivity contribution in [1.82, 2.24) is 4.98 Å². The van der Waals surface area contributed by atoms with E-state index >= 15 is 0 Å². The van der Waals surface area contributed by atoms with Gasteiger partial charge in [-0.25, -0.2) is 4.98 Å². The van der Waals surface area contributed by atoms with Gasteiger partial charge in [0.1, 0.15) is 5.75 Å². The van der Waals surface area contributed by atoms with Crippen LogP contribution >= 0.6 is 27.3 Å². The van der Waals surface area contributed by atoms with E-state index in [1.807, 2.05) is 31.3 Å². The van der Waals surface area contributed by atoms with Crippen molar-refractivity contribution >= 4 is 33.0 Å². The molecule has 0 fully saturated rings. The largest absolute Gasteiger partial charge is 0.497 e. The molecule has 0 saturated heterocycles. The van der Waals surface area contributed by atoms with E-state index < -0.39 is 0 Å². The van der Waals surface area contributed by atoms with Gasteiger partial charge < -0.3 is 10.1 Å². The summed E-state index contributed by atoms with van der Waals surface area (Å²) in [7, 11) is 1.66. The number of nitrogens with one attached hydrogen (secondary N) is 1. The molecule has 3 nitrogen and oxygen atoms in total. The monoisotopic (exact) mass is 312 g/mol. The highest BCUT2D eigenvalue weighted by atomic mass is 79.9. The lowest BCUT2D eigenvalue weighted by atomic mass is 10.3. The molecule has 0 saturated carbocycles. The minimum absolute atomic E-state index is 0.783. The predicted molar refractivity (Wildman–Crippen MR) is 74.9 cm³/mol. The molecule has 1 N–H and O–H groups in total. The van der Waals surface area contributed by atoms with Gasteiger partial charge >= 0.3 is 0 Å². The SMILES string of the molecule is COc1cc(Br)cc(NCc2cnc(C)s2)c1. The minimum Gasteiger partial charge on any atom is -0.497 e. The van der Waals surface area contributed by atoms with Crippen molar-refractivity contribution in [3.8, 4) is 5.75 Å². The zero-order valence-electron chi connectivity index (χ0n) is 9.66. The maximum Gasteiger partial charge on any atom is 0.122 e. The molecule has 0 amide bonds. The number of methoxy groups -OCH3 is 1. The molecule has 17 heavy (non-hydrogen) atoms. The second-order valence-electron chi connectivity index (χ2n) is 3.58. The van der Waals surface area contributed by atoms with E-state index in [2.05, 4.69) is 26.2 Å². The fourth-order valence-corrected chi connectivity index (χ4v) is 2.67. The Balaban J connectivity index is 2.05. The van der Waals surface area contributed by atoms with E-state index in [4.69, 9.17) is 4.74 Å². The van der Waals surface area contributed by atoms with Crippen LogP contribution in [0.4, 0.5) is 5.69 Å². The van der Waals surface area contributed by atoms with Crippen molar-refractivity contribution in [2.75, 3.05) is 12.4 Å². The van der Waals surface area contributed by atoms with Gasteiger partial charge in [-0.15, -0.1) is 11.3 Å². The average Bonchev–Trinajstić information content (AvgIpc) is 2.72. The number of halogens is 1. The third-order valence-electron chi connectivity index (χ3n) is 2.24. The summed E-state index contributed by atoms with van der Waals surface area (Å²) >= 11 is 5.16. The predicted octanol–water partition coefficient (Wildman–Crippen LogP) is 3.83. The summed E-state index contributed by atoms with van der Waals surface area (Å²) in [5, 5.41) is 4.44. The first kappa shape index (κ1) is 12.4. The van der Waals surface area contributed by atoms with E-state index in [1.165, 1.54) is 4.88 Å². The topological polar surface area (TPSA) is 34.1 Å². The first-order valence-corrected chi connectivity index (χ1v) is 6.78. The summed E-state index contributed by atoms with van der Waals surface area (Å²) in [6, 6.07) is 5.93. The number of thiazole rings is 1. The van der Waals surface area contributed by atoms with Gasteiger partial charge in [0, 0.05) is 27.3 Å². The van der Waals surface area contributed by atoms with Gasteiger partial charge in [0.05, 0.1) is 18.7 Å². The standard InChI is InChI=1S/C12H13BrN2OS/c1-8-14-6-12(17-8)7-15-10-3-9(13)4-11(5-10)16-2/h3-6,15H,7H2,1-2H3. The van der Waals surface area contributed by atoms with E-state index in [1.54, 1.807) is 18.4 Å². The molecular weight excluding hydrogens is 300 g/mol. The van der Waals surface area contributed by atoms with Crippen molar-refractivity contribution in [3.05, 3.63) is 38.8 Å². The van der Waals surface area contributed by atoms with Crippen LogP contribution in [0.15, 0.2) is 28.9 Å². The number of nitrogens with zero attached hydrogens (tertiary/aromatic N) is 1. The minimum atomic E-state index is 0.783. The molecule has 0 aliphatic heterocycles. The summed E-state index contributed by atoms with van der Waals surface area (Å²) in [4.78, 5) is 5.45. The van der Waals surface area contributed by atoms with Crippen LogP contribution in [0.5, 0.6) is 5.75 Å². The second-order valence-corrected chi connectivity index (χ2v) is 5.81. The Morgan fingerprint density at radius 1 is 1.41 bits per heavy atom. The molecule has 5 heteroatoms. The number of anilines is 1. The molecule has 2 rings (SSSR count). The molecule has 1 aromatic carbocycles. The molecule has 0 aliphatic rings. The quantitative estimate of drug-likeness (QED) is 0.931. The Hall–Kier alpha value is -1.07. The lowest BCUT2D eigenvalue weighted by Crippen LogP contribution is -1.97. The van der Waals surface area contributed by atoms with E-state index in [9.17, 15) is 0 Å². The molecule has 1 aromatic heterocycles. The third kappa shape index (κ3) is 3.44. The maximum atomic E-state index is 5.21. The Labute approximate surface area is 113 Å². The Morgan fingerprint density at radius 3 is 2.88 bits per heavy atom. The molecule has 0 spiro atoms.